The van der Waals surface area contributed by atoms with Crippen molar-refractivity contribution in [2.75, 3.05) is 0 Å². The molecule has 0 saturated heterocycles. The van der Waals surface area contributed by atoms with Gasteiger partial charge >= 0.3 is 18.9 Å². The fraction of sp³-hybridized carbons (Fsp3) is 0. The van der Waals surface area contributed by atoms with E-state index in [-0.39, 0.29) is 25.0 Å². The third-order valence-corrected chi connectivity index (χ3v) is 2.13. The molecule has 2 aromatic rings. The molecule has 1 heterocycles. The minimum Gasteiger partial charge on any atom is -1.00 e. The van der Waals surface area contributed by atoms with Crippen molar-refractivity contribution in [1.29, 1.82) is 0 Å². The van der Waals surface area contributed by atoms with Crippen LogP contribution in [0.15, 0.2) is 29.1 Å². The number of para-hydroxylation sites is 1. The molecule has 0 saturated carbocycles. The van der Waals surface area contributed by atoms with E-state index in [0.717, 1.165) is 22.4 Å². The van der Waals surface area contributed by atoms with E-state index in [0.29, 0.717) is 0 Å². The van der Waals surface area contributed by atoms with Gasteiger partial charge in [-0.3, -0.25) is 4.79 Å². The van der Waals surface area contributed by atoms with Gasteiger partial charge in [0.2, 0.25) is 0 Å². The molecule has 0 spiro atoms. The molecule has 0 atom stereocenters. The zero-order valence-electron chi connectivity index (χ0n) is 7.13. The van der Waals surface area contributed by atoms with Crippen molar-refractivity contribution < 1.29 is 20.3 Å². The molecule has 1 N–H and O–H groups in total. The Hall–Kier alpha value is -0.493. The van der Waals surface area contributed by atoms with Crippen LogP contribution in [0, 0.1) is 0 Å². The first-order chi connectivity index (χ1) is 4.88. The molecule has 11 heavy (non-hydrogen) atoms. The molecule has 2 nitrogen and oxygen atoms in total. The quantitative estimate of drug-likeness (QED) is 0.476. The zero-order chi connectivity index (χ0) is 6.97. The normalized spacial score (nSPS) is 9.45. The van der Waals surface area contributed by atoms with Gasteiger partial charge in [0.25, 0.3) is 4.74 Å². The summed E-state index contributed by atoms with van der Waals surface area (Å²) in [5.74, 6) is 0. The number of nitrogens with one attached hydrogen (secondary N) is 1. The molecule has 0 radical (unpaired) electrons. The number of hydrogen-bond donors (Lipinski definition) is 1. The summed E-state index contributed by atoms with van der Waals surface area (Å²) >= 11 is 1.14. The molecule has 1 aromatic carbocycles. The number of benzene rings is 1. The predicted octanol–water partition coefficient (Wildman–Crippen LogP) is -1.29. The van der Waals surface area contributed by atoms with E-state index in [1.165, 1.54) is 0 Å². The van der Waals surface area contributed by atoms with Gasteiger partial charge in [0, 0.05) is 0 Å². The summed E-state index contributed by atoms with van der Waals surface area (Å²) in [5, 5.41) is 0.785. The second-order valence-corrected chi connectivity index (χ2v) is 2.82. The molecule has 0 aliphatic heterocycles. The minimum atomic E-state index is 0. The van der Waals surface area contributed by atoms with Gasteiger partial charge in [0.1, 0.15) is 0 Å². The molecule has 2 rings (SSSR count). The Balaban J connectivity index is 0.000000605. The van der Waals surface area contributed by atoms with E-state index in [9.17, 15) is 4.79 Å². The summed E-state index contributed by atoms with van der Waals surface area (Å²) in [4.78, 5) is 11.0. The predicted molar refractivity (Wildman–Crippen MR) is 43.6 cm³/mol. The molecule has 0 unspecified atom stereocenters. The molecule has 0 amide bonds. The molecule has 0 fully saturated rings. The fourth-order valence-electron chi connectivity index (χ4n) is 0.906. The second-order valence-electron chi connectivity index (χ2n) is 2.04. The third-order valence-electron chi connectivity index (χ3n) is 1.40. The number of fused-ring (bicyclic) bond motifs is 1. The van der Waals surface area contributed by atoms with Crippen LogP contribution in [0.2, 0.25) is 0 Å². The van der Waals surface area contributed by atoms with Gasteiger partial charge in [-0.05, 0) is 23.7 Å². The van der Waals surface area contributed by atoms with Gasteiger partial charge in [-0.2, -0.15) is 0 Å². The Morgan fingerprint density at radius 3 is 2.82 bits per heavy atom. The summed E-state index contributed by atoms with van der Waals surface area (Å²) < 4.78 is 3.02. The summed E-state index contributed by atoms with van der Waals surface area (Å²) in [5.41, 5.74) is 0.928. The minimum absolute atomic E-state index is 0. The maximum Gasteiger partial charge on any atom is 1.00 e. The standard InChI is InChI=1S/C7H5NOS.Li.H/c9-7-5-3-1-2-4-6(5)8-10-7;;/h1-4,8H;;/q;+1;-1. The number of rotatable bonds is 0. The van der Waals surface area contributed by atoms with Crippen molar-refractivity contribution in [2.24, 2.45) is 0 Å². The van der Waals surface area contributed by atoms with Crippen LogP contribution in [0.4, 0.5) is 0 Å². The molecule has 1 aromatic heterocycles. The largest absolute Gasteiger partial charge is 1.00 e. The number of aromatic amines is 1. The summed E-state index contributed by atoms with van der Waals surface area (Å²) in [6.45, 7) is 0. The van der Waals surface area contributed by atoms with Crippen LogP contribution < -0.4 is 23.6 Å². The van der Waals surface area contributed by atoms with Crippen molar-refractivity contribution in [3.8, 4) is 0 Å². The third kappa shape index (κ3) is 1.41. The van der Waals surface area contributed by atoms with Gasteiger partial charge in [-0.1, -0.05) is 12.1 Å². The first-order valence-electron chi connectivity index (χ1n) is 2.94. The Morgan fingerprint density at radius 1 is 1.36 bits per heavy atom. The Labute approximate surface area is 81.1 Å². The van der Waals surface area contributed by atoms with E-state index >= 15 is 0 Å². The summed E-state index contributed by atoms with van der Waals surface area (Å²) in [6, 6.07) is 7.49. The SMILES string of the molecule is O=c1s[nH]c2ccccc12.[H-].[Li+]. The van der Waals surface area contributed by atoms with Gasteiger partial charge in [-0.15, -0.1) is 0 Å². The van der Waals surface area contributed by atoms with E-state index in [1.807, 2.05) is 24.3 Å². The zero-order valence-corrected chi connectivity index (χ0v) is 6.94. The molecule has 4 heteroatoms. The summed E-state index contributed by atoms with van der Waals surface area (Å²) in [6.07, 6.45) is 0. The smallest absolute Gasteiger partial charge is 1.00 e. The van der Waals surface area contributed by atoms with Crippen LogP contribution in [0.1, 0.15) is 1.43 Å². The maximum absolute atomic E-state index is 11.0. The van der Waals surface area contributed by atoms with Gasteiger partial charge in [-0.25, -0.2) is 0 Å². The number of aromatic nitrogens is 1. The van der Waals surface area contributed by atoms with Crippen LogP contribution in [-0.2, 0) is 0 Å². The van der Waals surface area contributed by atoms with Crippen molar-refractivity contribution in [3.05, 3.63) is 33.8 Å². The van der Waals surface area contributed by atoms with E-state index in [4.69, 9.17) is 0 Å². The van der Waals surface area contributed by atoms with Crippen LogP contribution >= 0.6 is 11.5 Å². The van der Waals surface area contributed by atoms with Crippen molar-refractivity contribution in [3.63, 3.8) is 0 Å². The van der Waals surface area contributed by atoms with Gasteiger partial charge in [0.15, 0.2) is 0 Å². The molecule has 0 aliphatic rings. The van der Waals surface area contributed by atoms with E-state index in [2.05, 4.69) is 4.37 Å². The first-order valence-corrected chi connectivity index (χ1v) is 3.76. The number of H-pyrrole nitrogens is 1. The topological polar surface area (TPSA) is 32.9 Å². The van der Waals surface area contributed by atoms with Crippen LogP contribution in [0.5, 0.6) is 0 Å². The molecule has 52 valence electrons. The van der Waals surface area contributed by atoms with E-state index < -0.39 is 0 Å². The summed E-state index contributed by atoms with van der Waals surface area (Å²) in [7, 11) is 0. The Bertz CT molecular complexity index is 411. The van der Waals surface area contributed by atoms with Crippen molar-refractivity contribution in [2.45, 2.75) is 0 Å². The van der Waals surface area contributed by atoms with Gasteiger partial charge in [0.05, 0.1) is 10.9 Å². The van der Waals surface area contributed by atoms with Crippen LogP contribution in [-0.4, -0.2) is 4.37 Å². The van der Waals surface area contributed by atoms with Crippen LogP contribution in [0.25, 0.3) is 10.9 Å². The van der Waals surface area contributed by atoms with E-state index in [1.54, 1.807) is 0 Å². The Morgan fingerprint density at radius 2 is 2.09 bits per heavy atom. The van der Waals surface area contributed by atoms with Crippen molar-refractivity contribution in [1.82, 2.24) is 4.37 Å². The average molecular weight is 159 g/mol. The molecular weight excluding hydrogens is 153 g/mol. The molecule has 0 aliphatic carbocycles. The molecular formula is C7H6LiNOS. The number of hydrogen-bond acceptors (Lipinski definition) is 2. The maximum atomic E-state index is 11.0. The van der Waals surface area contributed by atoms with Gasteiger partial charge < -0.3 is 5.80 Å². The average Bonchev–Trinajstić information content (AvgIpc) is 2.34. The monoisotopic (exact) mass is 159 g/mol. The van der Waals surface area contributed by atoms with Crippen molar-refractivity contribution >= 4 is 22.4 Å². The first kappa shape index (κ1) is 8.60. The second kappa shape index (κ2) is 3.27. The fourth-order valence-corrected chi connectivity index (χ4v) is 1.58. The Kier molecular flexibility index (Phi) is 2.56. The molecule has 0 bridgehead atoms. The van der Waals surface area contributed by atoms with Crippen LogP contribution in [0.3, 0.4) is 0 Å².